The van der Waals surface area contributed by atoms with Crippen molar-refractivity contribution in [1.29, 1.82) is 0 Å². The Balaban J connectivity index is 2.08. The van der Waals surface area contributed by atoms with E-state index in [9.17, 15) is 0 Å². The van der Waals surface area contributed by atoms with Gasteiger partial charge in [0.15, 0.2) is 0 Å². The van der Waals surface area contributed by atoms with E-state index in [1.54, 1.807) is 0 Å². The highest BCUT2D eigenvalue weighted by molar-refractivity contribution is 7.14. The first kappa shape index (κ1) is 10.5. The highest BCUT2D eigenvalue weighted by Gasteiger charge is 2.08. The molecule has 1 heterocycles. The number of fused-ring (bicyclic) bond motifs is 1. The summed E-state index contributed by atoms with van der Waals surface area (Å²) in [5.74, 6) is 0. The number of nitrogens with zero attached hydrogens (tertiary/aromatic N) is 2. The fourth-order valence-electron chi connectivity index (χ4n) is 2.07. The largest absolute Gasteiger partial charge is 0.254 e. The van der Waals surface area contributed by atoms with Gasteiger partial charge < -0.3 is 0 Å². The predicted molar refractivity (Wildman–Crippen MR) is 74.1 cm³/mol. The van der Waals surface area contributed by atoms with Crippen molar-refractivity contribution >= 4 is 20.3 Å². The van der Waals surface area contributed by atoms with Gasteiger partial charge in [-0.05, 0) is 21.0 Å². The quantitative estimate of drug-likeness (QED) is 0.629. The molecule has 0 saturated carbocycles. The van der Waals surface area contributed by atoms with E-state index in [4.69, 9.17) is 0 Å². The van der Waals surface area contributed by atoms with Gasteiger partial charge in [0, 0.05) is 11.8 Å². The van der Waals surface area contributed by atoms with Crippen molar-refractivity contribution in [1.82, 2.24) is 9.55 Å². The van der Waals surface area contributed by atoms with Gasteiger partial charge in [0.05, 0.1) is 11.2 Å². The minimum absolute atomic E-state index is 0.908. The molecule has 17 heavy (non-hydrogen) atoms. The topological polar surface area (TPSA) is 17.8 Å². The molecule has 3 aromatic rings. The second-order valence-corrected chi connectivity index (χ2v) is 4.56. The summed E-state index contributed by atoms with van der Waals surface area (Å²) in [4.78, 5) is 0. The van der Waals surface area contributed by atoms with E-state index in [-0.39, 0.29) is 0 Å². The molecule has 0 saturated heterocycles. The maximum absolute atomic E-state index is 4.49. The lowest BCUT2D eigenvalue weighted by Crippen LogP contribution is -1.94. The zero-order valence-corrected chi connectivity index (χ0v) is 10.5. The molecule has 0 aliphatic carbocycles. The van der Waals surface area contributed by atoms with Gasteiger partial charge in [-0.2, -0.15) is 5.10 Å². The zero-order chi connectivity index (χ0) is 11.7. The lowest BCUT2D eigenvalue weighted by Gasteiger charge is -2.02. The molecule has 3 heteroatoms. The molecule has 0 aliphatic rings. The summed E-state index contributed by atoms with van der Waals surface area (Å²) in [6, 6.07) is 18.7. The molecule has 2 nitrogen and oxygen atoms in total. The van der Waals surface area contributed by atoms with Crippen LogP contribution in [0.15, 0.2) is 54.6 Å². The minimum Gasteiger partial charge on any atom is -0.254 e. The van der Waals surface area contributed by atoms with Gasteiger partial charge in [-0.15, -0.1) is 0 Å². The molecule has 0 radical (unpaired) electrons. The van der Waals surface area contributed by atoms with Gasteiger partial charge >= 0.3 is 0 Å². The standard InChI is InChI=1S/C14H13N2P/c17-16-14(10-11-6-2-1-3-7-11)12-8-4-5-9-13(12)15-16/h1-9H,10,17H2. The van der Waals surface area contributed by atoms with E-state index < -0.39 is 0 Å². The molecule has 0 fully saturated rings. The first-order valence-electron chi connectivity index (χ1n) is 5.60. The van der Waals surface area contributed by atoms with Crippen molar-refractivity contribution in [2.75, 3.05) is 0 Å². The normalized spacial score (nSPS) is 10.9. The van der Waals surface area contributed by atoms with E-state index in [1.807, 2.05) is 22.7 Å². The first-order valence-corrected chi connectivity index (χ1v) is 6.12. The summed E-state index contributed by atoms with van der Waals surface area (Å²) in [7, 11) is 2.66. The van der Waals surface area contributed by atoms with Crippen molar-refractivity contribution in [3.8, 4) is 0 Å². The summed E-state index contributed by atoms with van der Waals surface area (Å²) < 4.78 is 1.90. The van der Waals surface area contributed by atoms with Gasteiger partial charge in [0.1, 0.15) is 0 Å². The molecule has 2 aromatic carbocycles. The van der Waals surface area contributed by atoms with E-state index in [2.05, 4.69) is 50.9 Å². The third-order valence-corrected chi connectivity index (χ3v) is 3.35. The molecular weight excluding hydrogens is 227 g/mol. The molecule has 0 amide bonds. The van der Waals surface area contributed by atoms with Gasteiger partial charge in [0.2, 0.25) is 0 Å². The highest BCUT2D eigenvalue weighted by atomic mass is 31.0. The van der Waals surface area contributed by atoms with E-state index >= 15 is 0 Å². The van der Waals surface area contributed by atoms with Crippen LogP contribution in [0.5, 0.6) is 0 Å². The van der Waals surface area contributed by atoms with E-state index in [0.29, 0.717) is 0 Å². The Morgan fingerprint density at radius 2 is 1.65 bits per heavy atom. The Labute approximate surface area is 103 Å². The average molecular weight is 240 g/mol. The minimum atomic E-state index is 0.908. The van der Waals surface area contributed by atoms with Crippen LogP contribution in [0.3, 0.4) is 0 Å². The van der Waals surface area contributed by atoms with Crippen LogP contribution < -0.4 is 0 Å². The highest BCUT2D eigenvalue weighted by Crippen LogP contribution is 2.22. The summed E-state index contributed by atoms with van der Waals surface area (Å²) in [5.41, 5.74) is 3.59. The fourth-order valence-corrected chi connectivity index (χ4v) is 2.42. The third-order valence-electron chi connectivity index (χ3n) is 2.92. The van der Waals surface area contributed by atoms with E-state index in [1.165, 1.54) is 16.6 Å². The van der Waals surface area contributed by atoms with Crippen molar-refractivity contribution in [3.63, 3.8) is 0 Å². The van der Waals surface area contributed by atoms with E-state index in [0.717, 1.165) is 11.9 Å². The van der Waals surface area contributed by atoms with Crippen LogP contribution in [0.2, 0.25) is 0 Å². The van der Waals surface area contributed by atoms with Crippen LogP contribution in [-0.2, 0) is 6.42 Å². The summed E-state index contributed by atoms with van der Waals surface area (Å²) >= 11 is 0. The molecule has 1 atom stereocenters. The second kappa shape index (κ2) is 4.31. The molecule has 84 valence electrons. The average Bonchev–Trinajstić information content (AvgIpc) is 2.68. The maximum atomic E-state index is 4.49. The van der Waals surface area contributed by atoms with Gasteiger partial charge in [0.25, 0.3) is 0 Å². The predicted octanol–water partition coefficient (Wildman–Crippen LogP) is 3.27. The van der Waals surface area contributed by atoms with Crippen molar-refractivity contribution < 1.29 is 0 Å². The summed E-state index contributed by atoms with van der Waals surface area (Å²) in [6.07, 6.45) is 0.908. The number of rotatable bonds is 2. The Kier molecular flexibility index (Phi) is 2.66. The second-order valence-electron chi connectivity index (χ2n) is 4.07. The van der Waals surface area contributed by atoms with Crippen LogP contribution in [0.25, 0.3) is 10.9 Å². The van der Waals surface area contributed by atoms with Gasteiger partial charge in [-0.1, -0.05) is 48.5 Å². The number of benzene rings is 2. The van der Waals surface area contributed by atoms with Gasteiger partial charge in [-0.25, -0.2) is 0 Å². The lowest BCUT2D eigenvalue weighted by atomic mass is 10.1. The molecular formula is C14H13N2P. The molecule has 3 rings (SSSR count). The Morgan fingerprint density at radius 3 is 2.47 bits per heavy atom. The van der Waals surface area contributed by atoms with Gasteiger partial charge in [-0.3, -0.25) is 4.45 Å². The third kappa shape index (κ3) is 1.96. The van der Waals surface area contributed by atoms with Crippen molar-refractivity contribution in [3.05, 3.63) is 65.9 Å². The monoisotopic (exact) mass is 240 g/mol. The molecule has 0 N–H and O–H groups in total. The number of hydrogen-bond acceptors (Lipinski definition) is 1. The molecule has 0 aliphatic heterocycles. The zero-order valence-electron chi connectivity index (χ0n) is 9.38. The SMILES string of the molecule is Pn1nc2ccccc2c1Cc1ccccc1. The summed E-state index contributed by atoms with van der Waals surface area (Å²) in [6.45, 7) is 0. The van der Waals surface area contributed by atoms with Crippen molar-refractivity contribution in [2.45, 2.75) is 6.42 Å². The maximum Gasteiger partial charge on any atom is 0.0929 e. The Hall–Kier alpha value is -1.66. The molecule has 0 spiro atoms. The lowest BCUT2D eigenvalue weighted by molar-refractivity contribution is 0.947. The first-order chi connectivity index (χ1) is 8.34. The van der Waals surface area contributed by atoms with Crippen molar-refractivity contribution in [2.24, 2.45) is 0 Å². The van der Waals surface area contributed by atoms with Crippen LogP contribution in [-0.4, -0.2) is 9.55 Å². The summed E-state index contributed by atoms with van der Waals surface area (Å²) in [5, 5.41) is 5.72. The Morgan fingerprint density at radius 1 is 0.941 bits per heavy atom. The fraction of sp³-hybridized carbons (Fsp3) is 0.0714. The number of hydrogen-bond donors (Lipinski definition) is 0. The van der Waals surface area contributed by atoms with Crippen LogP contribution in [0.1, 0.15) is 11.3 Å². The van der Waals surface area contributed by atoms with Crippen LogP contribution in [0.4, 0.5) is 0 Å². The molecule has 0 bridgehead atoms. The number of aromatic nitrogens is 2. The molecule has 1 unspecified atom stereocenters. The van der Waals surface area contributed by atoms with Crippen LogP contribution >= 0.6 is 9.39 Å². The molecule has 1 aromatic heterocycles. The van der Waals surface area contributed by atoms with Crippen LogP contribution in [0, 0.1) is 0 Å². The smallest absolute Gasteiger partial charge is 0.0929 e. The Bertz CT molecular complexity index is 644.